The molecule has 0 spiro atoms. The van der Waals surface area contributed by atoms with E-state index in [0.29, 0.717) is 11.8 Å². The Balaban J connectivity index is 3.17. The molecule has 1 aromatic carbocycles. The third-order valence-electron chi connectivity index (χ3n) is 1.90. The average Bonchev–Trinajstić information content (AvgIpc) is 2.28. The zero-order chi connectivity index (χ0) is 12.9. The zero-order valence-corrected chi connectivity index (χ0v) is 10.2. The summed E-state index contributed by atoms with van der Waals surface area (Å²) in [5, 5.41) is 9.26. The van der Waals surface area contributed by atoms with E-state index >= 15 is 0 Å². The van der Waals surface area contributed by atoms with Crippen LogP contribution in [0.25, 0.3) is 0 Å². The summed E-state index contributed by atoms with van der Waals surface area (Å²) in [6.45, 7) is 0. The maximum absolute atomic E-state index is 12.6. The van der Waals surface area contributed by atoms with Crippen LogP contribution in [0.3, 0.4) is 0 Å². The Morgan fingerprint density at radius 3 is 2.53 bits per heavy atom. The predicted molar refractivity (Wildman–Crippen MR) is 61.4 cm³/mol. The highest BCUT2D eigenvalue weighted by atomic mass is 79.9. The number of nitriles is 1. The normalized spacial score (nSPS) is 10.3. The number of benzene rings is 1. The molecule has 0 aliphatic heterocycles. The molecular weight excluding hydrogens is 295 g/mol. The number of nitrogens with zero attached hydrogens (tertiary/aromatic N) is 1. The van der Waals surface area contributed by atoms with Crippen LogP contribution in [0, 0.1) is 23.2 Å². The molecule has 0 heterocycles. The first-order chi connectivity index (χ1) is 7.99. The molecule has 0 bridgehead atoms. The summed E-state index contributed by atoms with van der Waals surface area (Å²) in [5.41, 5.74) is -1.06. The summed E-state index contributed by atoms with van der Waals surface area (Å²) in [4.78, 5) is 0. The monoisotopic (exact) mass is 301 g/mol. The second-order valence-electron chi connectivity index (χ2n) is 3.11. The molecule has 1 nitrogen and oxygen atoms in total. The fourth-order valence-electron chi connectivity index (χ4n) is 1.17. The Labute approximate surface area is 105 Å². The van der Waals surface area contributed by atoms with Crippen LogP contribution < -0.4 is 0 Å². The van der Waals surface area contributed by atoms with Crippen molar-refractivity contribution in [2.24, 2.45) is 0 Å². The van der Waals surface area contributed by atoms with Gasteiger partial charge in [0.25, 0.3) is 0 Å². The van der Waals surface area contributed by atoms with Crippen LogP contribution in [0.2, 0.25) is 0 Å². The molecule has 1 aromatic rings. The van der Waals surface area contributed by atoms with Gasteiger partial charge in [-0.3, -0.25) is 0 Å². The molecule has 0 saturated carbocycles. The summed E-state index contributed by atoms with van der Waals surface area (Å²) >= 11 is 3.17. The first-order valence-corrected chi connectivity index (χ1v) is 5.77. The van der Waals surface area contributed by atoms with Gasteiger partial charge in [-0.1, -0.05) is 27.8 Å². The van der Waals surface area contributed by atoms with Gasteiger partial charge in [0.2, 0.25) is 0 Å². The van der Waals surface area contributed by atoms with Crippen molar-refractivity contribution in [3.63, 3.8) is 0 Å². The van der Waals surface area contributed by atoms with Gasteiger partial charge < -0.3 is 0 Å². The van der Waals surface area contributed by atoms with E-state index in [-0.39, 0.29) is 11.1 Å². The lowest BCUT2D eigenvalue weighted by atomic mass is 10.0. The number of rotatable bonds is 1. The van der Waals surface area contributed by atoms with E-state index < -0.39 is 11.7 Å². The third-order valence-corrected chi connectivity index (χ3v) is 2.29. The molecule has 0 aliphatic carbocycles. The molecule has 0 aliphatic rings. The Bertz CT molecular complexity index is 503. The fraction of sp³-hybridized carbons (Fsp3) is 0.250. The molecule has 0 N–H and O–H groups in total. The smallest absolute Gasteiger partial charge is 0.192 e. The van der Waals surface area contributed by atoms with Crippen LogP contribution >= 0.6 is 15.9 Å². The van der Waals surface area contributed by atoms with Crippen LogP contribution in [0.1, 0.15) is 23.1 Å². The number of hydrogen-bond acceptors (Lipinski definition) is 1. The minimum absolute atomic E-state index is 0.261. The Kier molecular flexibility index (Phi) is 4.60. The molecule has 0 amide bonds. The van der Waals surface area contributed by atoms with Crippen LogP contribution in [0.15, 0.2) is 18.2 Å². The van der Waals surface area contributed by atoms with Gasteiger partial charge in [0.15, 0.2) is 0 Å². The van der Waals surface area contributed by atoms with Gasteiger partial charge in [-0.25, -0.2) is 0 Å². The van der Waals surface area contributed by atoms with Gasteiger partial charge in [0, 0.05) is 17.3 Å². The molecule has 88 valence electrons. The van der Waals surface area contributed by atoms with Crippen LogP contribution in [0.4, 0.5) is 13.2 Å². The predicted octanol–water partition coefficient (Wildman–Crippen LogP) is 3.71. The topological polar surface area (TPSA) is 23.8 Å². The van der Waals surface area contributed by atoms with Crippen LogP contribution in [-0.2, 0) is 6.18 Å². The minimum atomic E-state index is -4.53. The highest BCUT2D eigenvalue weighted by molar-refractivity contribution is 9.09. The second kappa shape index (κ2) is 5.75. The van der Waals surface area contributed by atoms with Crippen molar-refractivity contribution in [2.75, 3.05) is 5.33 Å². The summed E-state index contributed by atoms with van der Waals surface area (Å²) < 4.78 is 37.8. The van der Waals surface area contributed by atoms with Gasteiger partial charge >= 0.3 is 6.18 Å². The third kappa shape index (κ3) is 3.80. The van der Waals surface area contributed by atoms with Gasteiger partial charge in [-0.05, 0) is 18.2 Å². The Morgan fingerprint density at radius 1 is 1.29 bits per heavy atom. The number of hydrogen-bond donors (Lipinski definition) is 0. The lowest BCUT2D eigenvalue weighted by Crippen LogP contribution is -2.08. The summed E-state index contributed by atoms with van der Waals surface area (Å²) in [5.74, 6) is 5.34. The van der Waals surface area contributed by atoms with Crippen molar-refractivity contribution < 1.29 is 13.2 Å². The molecule has 5 heteroatoms. The Morgan fingerprint density at radius 2 is 2.00 bits per heavy atom. The standard InChI is InChI=1S/C12H7BrF3N/c13-6-2-1-3-9-4-5-10(8-17)11(7-9)12(14,15)16/h4-5,7H,2,6H2. The van der Waals surface area contributed by atoms with Gasteiger partial charge in [0.1, 0.15) is 0 Å². The number of alkyl halides is 4. The molecule has 0 radical (unpaired) electrons. The maximum atomic E-state index is 12.6. The van der Waals surface area contributed by atoms with Crippen LogP contribution in [0.5, 0.6) is 0 Å². The lowest BCUT2D eigenvalue weighted by Gasteiger charge is -2.08. The van der Waals surface area contributed by atoms with Crippen LogP contribution in [-0.4, -0.2) is 5.33 Å². The van der Waals surface area contributed by atoms with E-state index in [1.165, 1.54) is 12.1 Å². The second-order valence-corrected chi connectivity index (χ2v) is 3.90. The molecule has 0 saturated heterocycles. The molecular formula is C12H7BrF3N. The summed E-state index contributed by atoms with van der Waals surface area (Å²) in [6, 6.07) is 4.98. The molecule has 17 heavy (non-hydrogen) atoms. The van der Waals surface area contributed by atoms with Crippen molar-refractivity contribution in [3.05, 3.63) is 34.9 Å². The summed E-state index contributed by atoms with van der Waals surface area (Å²) in [7, 11) is 0. The van der Waals surface area contributed by atoms with Gasteiger partial charge in [0.05, 0.1) is 17.2 Å². The first kappa shape index (κ1) is 13.6. The van der Waals surface area contributed by atoms with Crippen molar-refractivity contribution in [3.8, 4) is 17.9 Å². The minimum Gasteiger partial charge on any atom is -0.192 e. The van der Waals surface area contributed by atoms with Gasteiger partial charge in [-0.15, -0.1) is 0 Å². The van der Waals surface area contributed by atoms with E-state index in [0.717, 1.165) is 12.1 Å². The van der Waals surface area contributed by atoms with E-state index in [1.807, 2.05) is 0 Å². The van der Waals surface area contributed by atoms with E-state index in [2.05, 4.69) is 27.8 Å². The zero-order valence-electron chi connectivity index (χ0n) is 8.61. The SMILES string of the molecule is N#Cc1ccc(C#CCCBr)cc1C(F)(F)F. The molecule has 0 aromatic heterocycles. The highest BCUT2D eigenvalue weighted by Gasteiger charge is 2.33. The lowest BCUT2D eigenvalue weighted by molar-refractivity contribution is -0.137. The summed E-state index contributed by atoms with van der Waals surface area (Å²) in [6.07, 6.45) is -3.97. The average molecular weight is 302 g/mol. The van der Waals surface area contributed by atoms with E-state index in [9.17, 15) is 13.2 Å². The number of halogens is 4. The molecule has 1 rings (SSSR count). The molecule has 0 fully saturated rings. The largest absolute Gasteiger partial charge is 0.417 e. The van der Waals surface area contributed by atoms with Crippen molar-refractivity contribution >= 4 is 15.9 Å². The van der Waals surface area contributed by atoms with Crippen molar-refractivity contribution in [1.82, 2.24) is 0 Å². The quantitative estimate of drug-likeness (QED) is 0.573. The molecule has 0 unspecified atom stereocenters. The maximum Gasteiger partial charge on any atom is 0.417 e. The first-order valence-electron chi connectivity index (χ1n) is 4.65. The van der Waals surface area contributed by atoms with Crippen molar-refractivity contribution in [2.45, 2.75) is 12.6 Å². The van der Waals surface area contributed by atoms with E-state index in [4.69, 9.17) is 5.26 Å². The molecule has 0 atom stereocenters. The van der Waals surface area contributed by atoms with Gasteiger partial charge in [-0.2, -0.15) is 18.4 Å². The van der Waals surface area contributed by atoms with Crippen molar-refractivity contribution in [1.29, 1.82) is 5.26 Å². The Hall–Kier alpha value is -1.46. The fourth-order valence-corrected chi connectivity index (χ4v) is 1.36. The van der Waals surface area contributed by atoms with E-state index in [1.54, 1.807) is 0 Å². The highest BCUT2D eigenvalue weighted by Crippen LogP contribution is 2.32.